The molecular formula is C5H9N3O2. The first kappa shape index (κ1) is 8.61. The lowest BCUT2D eigenvalue weighted by Crippen LogP contribution is -2.23. The molecule has 0 rings (SSSR count). The fraction of sp³-hybridized carbons (Fsp3) is 0.400. The van der Waals surface area contributed by atoms with Gasteiger partial charge in [-0.1, -0.05) is 0 Å². The van der Waals surface area contributed by atoms with E-state index in [1.807, 2.05) is 0 Å². The monoisotopic (exact) mass is 143 g/mol. The molecule has 0 fully saturated rings. The van der Waals surface area contributed by atoms with Crippen molar-refractivity contribution in [2.24, 2.45) is 10.7 Å². The molecule has 0 aliphatic heterocycles. The normalized spacial score (nSPS) is 13.3. The summed E-state index contributed by atoms with van der Waals surface area (Å²) in [5.74, 6) is -1.27. The van der Waals surface area contributed by atoms with Crippen molar-refractivity contribution < 1.29 is 9.90 Å². The third-order valence-electron chi connectivity index (χ3n) is 0.859. The summed E-state index contributed by atoms with van der Waals surface area (Å²) >= 11 is 0. The van der Waals surface area contributed by atoms with Crippen LogP contribution in [0.1, 0.15) is 6.92 Å². The van der Waals surface area contributed by atoms with Gasteiger partial charge in [-0.25, -0.2) is 4.79 Å². The number of aliphatic imine (C=N–C) groups is 1. The van der Waals surface area contributed by atoms with Gasteiger partial charge in [0.25, 0.3) is 0 Å². The summed E-state index contributed by atoms with van der Waals surface area (Å²) in [6.07, 6.45) is 0.728. The van der Waals surface area contributed by atoms with Gasteiger partial charge >= 0.3 is 5.97 Å². The minimum absolute atomic E-state index is 0.141. The second kappa shape index (κ2) is 3.60. The molecule has 0 spiro atoms. The SMILES string of the molecule is CC(N=CC(=O)O)C(=N)N. The van der Waals surface area contributed by atoms with Crippen LogP contribution in [0.3, 0.4) is 0 Å². The molecule has 1 atom stereocenters. The highest BCUT2D eigenvalue weighted by Crippen LogP contribution is 1.84. The molecule has 0 saturated carbocycles. The van der Waals surface area contributed by atoms with Gasteiger partial charge in [0.2, 0.25) is 0 Å². The molecule has 0 aliphatic carbocycles. The van der Waals surface area contributed by atoms with Crippen LogP contribution in [0, 0.1) is 5.41 Å². The lowest BCUT2D eigenvalue weighted by atomic mass is 10.3. The molecule has 0 aromatic heterocycles. The van der Waals surface area contributed by atoms with Crippen molar-refractivity contribution in [3.05, 3.63) is 0 Å². The molecule has 10 heavy (non-hydrogen) atoms. The zero-order valence-electron chi connectivity index (χ0n) is 5.53. The van der Waals surface area contributed by atoms with Crippen molar-refractivity contribution in [1.82, 2.24) is 0 Å². The van der Waals surface area contributed by atoms with E-state index >= 15 is 0 Å². The number of rotatable bonds is 3. The maximum Gasteiger partial charge on any atom is 0.346 e. The summed E-state index contributed by atoms with van der Waals surface area (Å²) in [7, 11) is 0. The minimum Gasteiger partial charge on any atom is -0.477 e. The van der Waals surface area contributed by atoms with E-state index in [2.05, 4.69) is 4.99 Å². The van der Waals surface area contributed by atoms with Gasteiger partial charge in [0.05, 0.1) is 0 Å². The van der Waals surface area contributed by atoms with Crippen LogP contribution in [0.25, 0.3) is 0 Å². The molecule has 0 aliphatic rings. The standard InChI is InChI=1S/C5H9N3O2/c1-3(5(6)7)8-2-4(9)10/h2-3H,1H3,(H3,6,7)(H,9,10). The highest BCUT2D eigenvalue weighted by atomic mass is 16.4. The summed E-state index contributed by atoms with van der Waals surface area (Å²) in [5, 5.41) is 14.9. The van der Waals surface area contributed by atoms with Crippen molar-refractivity contribution in [2.45, 2.75) is 13.0 Å². The predicted molar refractivity (Wildman–Crippen MR) is 37.5 cm³/mol. The number of nitrogens with two attached hydrogens (primary N) is 1. The smallest absolute Gasteiger partial charge is 0.346 e. The van der Waals surface area contributed by atoms with E-state index in [4.69, 9.17) is 16.2 Å². The Labute approximate surface area is 58.1 Å². The Balaban J connectivity index is 3.89. The molecule has 4 N–H and O–H groups in total. The van der Waals surface area contributed by atoms with Gasteiger partial charge in [-0.2, -0.15) is 0 Å². The lowest BCUT2D eigenvalue weighted by molar-refractivity contribution is -0.128. The first-order valence-electron chi connectivity index (χ1n) is 2.64. The van der Waals surface area contributed by atoms with E-state index in [0.717, 1.165) is 6.21 Å². The van der Waals surface area contributed by atoms with E-state index in [0.29, 0.717) is 0 Å². The quantitative estimate of drug-likeness (QED) is 0.365. The van der Waals surface area contributed by atoms with Crippen LogP contribution in [0.15, 0.2) is 4.99 Å². The third kappa shape index (κ3) is 3.59. The van der Waals surface area contributed by atoms with Gasteiger partial charge in [-0.15, -0.1) is 0 Å². The second-order valence-electron chi connectivity index (χ2n) is 1.75. The van der Waals surface area contributed by atoms with Crippen molar-refractivity contribution >= 4 is 18.0 Å². The maximum absolute atomic E-state index is 9.87. The van der Waals surface area contributed by atoms with E-state index in [1.54, 1.807) is 6.92 Å². The molecule has 1 unspecified atom stereocenters. The van der Waals surface area contributed by atoms with Gasteiger partial charge < -0.3 is 10.8 Å². The number of carbonyl (C=O) groups is 1. The van der Waals surface area contributed by atoms with Crippen molar-refractivity contribution in [3.8, 4) is 0 Å². The third-order valence-corrected chi connectivity index (χ3v) is 0.859. The average molecular weight is 143 g/mol. The molecule has 0 saturated heterocycles. The van der Waals surface area contributed by atoms with E-state index in [9.17, 15) is 4.79 Å². The van der Waals surface area contributed by atoms with Gasteiger partial charge in [-0.3, -0.25) is 10.4 Å². The molecule has 0 aromatic carbocycles. The number of hydrogen-bond donors (Lipinski definition) is 3. The number of nitrogens with zero attached hydrogens (tertiary/aromatic N) is 1. The Hall–Kier alpha value is -1.39. The van der Waals surface area contributed by atoms with Crippen LogP contribution in [-0.4, -0.2) is 29.2 Å². The Bertz CT molecular complexity index is 176. The highest BCUT2D eigenvalue weighted by Gasteiger charge is 2.00. The first-order valence-corrected chi connectivity index (χ1v) is 2.64. The molecule has 5 heteroatoms. The molecule has 56 valence electrons. The maximum atomic E-state index is 9.87. The zero-order valence-corrected chi connectivity index (χ0v) is 5.53. The van der Waals surface area contributed by atoms with Crippen LogP contribution in [0.2, 0.25) is 0 Å². The summed E-state index contributed by atoms with van der Waals surface area (Å²) < 4.78 is 0. The molecular weight excluding hydrogens is 134 g/mol. The summed E-state index contributed by atoms with van der Waals surface area (Å²) in [5.41, 5.74) is 5.00. The van der Waals surface area contributed by atoms with Gasteiger partial charge in [-0.05, 0) is 6.92 Å². The van der Waals surface area contributed by atoms with E-state index in [-0.39, 0.29) is 5.84 Å². The van der Waals surface area contributed by atoms with Gasteiger partial charge in [0.1, 0.15) is 18.1 Å². The number of carboxylic acid groups (broad SMARTS) is 1. The van der Waals surface area contributed by atoms with E-state index in [1.165, 1.54) is 0 Å². The Morgan fingerprint density at radius 3 is 2.70 bits per heavy atom. The van der Waals surface area contributed by atoms with Crippen LogP contribution in [0.4, 0.5) is 0 Å². The number of aliphatic carboxylic acids is 1. The van der Waals surface area contributed by atoms with Crippen LogP contribution >= 0.6 is 0 Å². The number of carboxylic acids is 1. The fourth-order valence-electron chi connectivity index (χ4n) is 0.256. The number of amidine groups is 1. The Morgan fingerprint density at radius 2 is 2.40 bits per heavy atom. The first-order chi connectivity index (χ1) is 4.54. The Kier molecular flexibility index (Phi) is 3.10. The summed E-state index contributed by atoms with van der Waals surface area (Å²) in [6.45, 7) is 1.54. The van der Waals surface area contributed by atoms with Crippen LogP contribution in [0.5, 0.6) is 0 Å². The number of nitrogens with one attached hydrogen (secondary N) is 1. The van der Waals surface area contributed by atoms with Gasteiger partial charge in [0.15, 0.2) is 0 Å². The summed E-state index contributed by atoms with van der Waals surface area (Å²) in [6, 6.07) is -0.545. The second-order valence-corrected chi connectivity index (χ2v) is 1.75. The summed E-state index contributed by atoms with van der Waals surface area (Å²) in [4.78, 5) is 13.3. The van der Waals surface area contributed by atoms with Gasteiger partial charge in [0, 0.05) is 0 Å². The van der Waals surface area contributed by atoms with Crippen molar-refractivity contribution in [1.29, 1.82) is 5.41 Å². The molecule has 5 nitrogen and oxygen atoms in total. The highest BCUT2D eigenvalue weighted by molar-refractivity contribution is 6.22. The molecule has 0 bridgehead atoms. The fourth-order valence-corrected chi connectivity index (χ4v) is 0.256. The average Bonchev–Trinajstić information content (AvgIpc) is 1.82. The zero-order chi connectivity index (χ0) is 8.15. The van der Waals surface area contributed by atoms with E-state index < -0.39 is 12.0 Å². The molecule has 0 radical (unpaired) electrons. The van der Waals surface area contributed by atoms with Crippen molar-refractivity contribution in [3.63, 3.8) is 0 Å². The predicted octanol–water partition coefficient (Wildman–Crippen LogP) is -0.534. The largest absolute Gasteiger partial charge is 0.477 e. The molecule has 0 amide bonds. The van der Waals surface area contributed by atoms with Crippen LogP contribution < -0.4 is 5.73 Å². The topological polar surface area (TPSA) is 99.5 Å². The minimum atomic E-state index is -1.13. The number of hydrogen-bond acceptors (Lipinski definition) is 3. The molecule has 0 aromatic rings. The molecule has 0 heterocycles. The Morgan fingerprint density at radius 1 is 1.90 bits per heavy atom. The van der Waals surface area contributed by atoms with Crippen molar-refractivity contribution in [2.75, 3.05) is 0 Å². The lowest BCUT2D eigenvalue weighted by Gasteiger charge is -1.99. The van der Waals surface area contributed by atoms with Crippen LogP contribution in [-0.2, 0) is 4.79 Å².